The van der Waals surface area contributed by atoms with Crippen molar-refractivity contribution >= 4 is 5.69 Å². The van der Waals surface area contributed by atoms with Gasteiger partial charge in [-0.3, -0.25) is 0 Å². The molecule has 0 heterocycles. The maximum atomic E-state index is 8.67. The molecular formula is C18H17NO3. The number of para-hydroxylation sites is 3. The van der Waals surface area contributed by atoms with Gasteiger partial charge in [0.15, 0.2) is 11.5 Å². The highest BCUT2D eigenvalue weighted by Gasteiger charge is 1.94. The molecule has 0 aromatic heterocycles. The molecule has 0 saturated heterocycles. The highest BCUT2D eigenvalue weighted by atomic mass is 16.5. The summed E-state index contributed by atoms with van der Waals surface area (Å²) in [6.07, 6.45) is 0. The first-order valence-corrected chi connectivity index (χ1v) is 6.70. The van der Waals surface area contributed by atoms with E-state index in [4.69, 9.17) is 20.7 Å². The van der Waals surface area contributed by atoms with Crippen LogP contribution >= 0.6 is 0 Å². The Morgan fingerprint density at radius 2 is 1.05 bits per heavy atom. The lowest BCUT2D eigenvalue weighted by Gasteiger charge is -2.04. The van der Waals surface area contributed by atoms with E-state index in [1.807, 2.05) is 54.6 Å². The van der Waals surface area contributed by atoms with Crippen molar-refractivity contribution in [1.29, 1.82) is 0 Å². The van der Waals surface area contributed by atoms with Gasteiger partial charge in [-0.2, -0.15) is 0 Å². The summed E-state index contributed by atoms with van der Waals surface area (Å²) in [6.45, 7) is 0. The number of benzene rings is 3. The normalized spacial score (nSPS) is 9.45. The summed E-state index contributed by atoms with van der Waals surface area (Å²) in [5.74, 6) is 1.47. The van der Waals surface area contributed by atoms with Gasteiger partial charge in [-0.05, 0) is 48.5 Å². The molecule has 22 heavy (non-hydrogen) atoms. The third-order valence-corrected chi connectivity index (χ3v) is 2.74. The summed E-state index contributed by atoms with van der Waals surface area (Å²) in [5.41, 5.74) is 6.31. The van der Waals surface area contributed by atoms with Gasteiger partial charge < -0.3 is 20.7 Å². The van der Waals surface area contributed by atoms with Crippen molar-refractivity contribution in [3.05, 3.63) is 78.9 Å². The Morgan fingerprint density at radius 1 is 0.591 bits per heavy atom. The summed E-state index contributed by atoms with van der Waals surface area (Å²) < 4.78 is 5.58. The molecule has 112 valence electrons. The van der Waals surface area contributed by atoms with Crippen molar-refractivity contribution in [2.75, 3.05) is 5.73 Å². The smallest absolute Gasteiger partial charge is 0.157 e. The van der Waals surface area contributed by atoms with Crippen LogP contribution < -0.4 is 10.5 Å². The predicted octanol–water partition coefficient (Wildman–Crippen LogP) is 4.16. The number of nitrogens with two attached hydrogens (primary N) is 1. The lowest BCUT2D eigenvalue weighted by atomic mass is 10.3. The van der Waals surface area contributed by atoms with Gasteiger partial charge in [-0.25, -0.2) is 0 Å². The molecule has 3 rings (SSSR count). The lowest BCUT2D eigenvalue weighted by Crippen LogP contribution is -1.85. The van der Waals surface area contributed by atoms with Crippen LogP contribution in [0.5, 0.6) is 23.0 Å². The highest BCUT2D eigenvalue weighted by molar-refractivity contribution is 5.43. The summed E-state index contributed by atoms with van der Waals surface area (Å²) >= 11 is 0. The average Bonchev–Trinajstić information content (AvgIpc) is 2.54. The van der Waals surface area contributed by atoms with Crippen LogP contribution in [0.15, 0.2) is 78.9 Å². The average molecular weight is 295 g/mol. The van der Waals surface area contributed by atoms with E-state index >= 15 is 0 Å². The minimum absolute atomic E-state index is 0.0764. The van der Waals surface area contributed by atoms with Crippen molar-refractivity contribution in [1.82, 2.24) is 0 Å². The van der Waals surface area contributed by atoms with Crippen LogP contribution in [0.2, 0.25) is 0 Å². The van der Waals surface area contributed by atoms with Gasteiger partial charge in [0.2, 0.25) is 0 Å². The summed E-state index contributed by atoms with van der Waals surface area (Å²) in [6, 6.07) is 23.1. The number of anilines is 1. The zero-order valence-corrected chi connectivity index (χ0v) is 11.9. The number of hydrogen-bond donors (Lipinski definition) is 3. The van der Waals surface area contributed by atoms with E-state index in [-0.39, 0.29) is 11.5 Å². The number of phenolic OH excluding ortho intramolecular Hbond substituents is 2. The summed E-state index contributed by atoms with van der Waals surface area (Å²) in [7, 11) is 0. The zero-order chi connectivity index (χ0) is 15.8. The number of phenols is 2. The molecule has 0 amide bonds. The molecule has 0 aliphatic heterocycles. The predicted molar refractivity (Wildman–Crippen MR) is 87.1 cm³/mol. The second kappa shape index (κ2) is 7.59. The van der Waals surface area contributed by atoms with Crippen molar-refractivity contribution in [2.45, 2.75) is 0 Å². The monoisotopic (exact) mass is 295 g/mol. The van der Waals surface area contributed by atoms with Gasteiger partial charge in [-0.15, -0.1) is 0 Å². The van der Waals surface area contributed by atoms with Crippen LogP contribution in [0.4, 0.5) is 5.69 Å². The largest absolute Gasteiger partial charge is 0.504 e. The maximum absolute atomic E-state index is 8.67. The number of rotatable bonds is 2. The molecule has 4 N–H and O–H groups in total. The summed E-state index contributed by atoms with van der Waals surface area (Å²) in [4.78, 5) is 0. The Morgan fingerprint density at radius 3 is 1.55 bits per heavy atom. The molecule has 0 aliphatic carbocycles. The fraction of sp³-hybridized carbons (Fsp3) is 0. The van der Waals surface area contributed by atoms with E-state index in [9.17, 15) is 0 Å². The van der Waals surface area contributed by atoms with Gasteiger partial charge in [-0.1, -0.05) is 30.3 Å². The van der Waals surface area contributed by atoms with E-state index in [0.717, 1.165) is 17.2 Å². The summed E-state index contributed by atoms with van der Waals surface area (Å²) in [5, 5.41) is 17.3. The molecule has 4 heteroatoms. The van der Waals surface area contributed by atoms with E-state index < -0.39 is 0 Å². The van der Waals surface area contributed by atoms with Crippen LogP contribution in [-0.2, 0) is 0 Å². The molecule has 0 fully saturated rings. The van der Waals surface area contributed by atoms with E-state index in [0.29, 0.717) is 0 Å². The second-order valence-electron chi connectivity index (χ2n) is 4.47. The van der Waals surface area contributed by atoms with Crippen molar-refractivity contribution in [2.24, 2.45) is 0 Å². The molecular weight excluding hydrogens is 278 g/mol. The molecule has 0 saturated carbocycles. The minimum Gasteiger partial charge on any atom is -0.504 e. The molecule has 0 radical (unpaired) electrons. The van der Waals surface area contributed by atoms with Crippen LogP contribution in [0.1, 0.15) is 0 Å². The van der Waals surface area contributed by atoms with Crippen LogP contribution in [0.25, 0.3) is 0 Å². The van der Waals surface area contributed by atoms with E-state index in [1.54, 1.807) is 12.1 Å². The highest BCUT2D eigenvalue weighted by Crippen LogP contribution is 2.22. The van der Waals surface area contributed by atoms with Gasteiger partial charge in [0.05, 0.1) is 0 Å². The van der Waals surface area contributed by atoms with Crippen LogP contribution in [0.3, 0.4) is 0 Å². The Hall–Kier alpha value is -3.14. The topological polar surface area (TPSA) is 75.7 Å². The Bertz CT molecular complexity index is 676. The third-order valence-electron chi connectivity index (χ3n) is 2.74. The zero-order valence-electron chi connectivity index (χ0n) is 11.9. The van der Waals surface area contributed by atoms with Gasteiger partial charge in [0.25, 0.3) is 0 Å². The lowest BCUT2D eigenvalue weighted by molar-refractivity contribution is 0.404. The van der Waals surface area contributed by atoms with Crippen molar-refractivity contribution in [3.8, 4) is 23.0 Å². The van der Waals surface area contributed by atoms with E-state index in [1.165, 1.54) is 12.1 Å². The van der Waals surface area contributed by atoms with Crippen LogP contribution in [-0.4, -0.2) is 10.2 Å². The number of aromatic hydroxyl groups is 2. The first-order chi connectivity index (χ1) is 10.6. The third kappa shape index (κ3) is 4.76. The Kier molecular flexibility index (Phi) is 5.26. The molecule has 0 unspecified atom stereocenters. The molecule has 3 aromatic carbocycles. The molecule has 0 spiro atoms. The Labute approximate surface area is 129 Å². The fourth-order valence-electron chi connectivity index (χ4n) is 1.62. The SMILES string of the molecule is Nc1ccc(Oc2ccccc2)cc1.Oc1ccccc1O. The fourth-order valence-corrected chi connectivity index (χ4v) is 1.62. The number of hydrogen-bond acceptors (Lipinski definition) is 4. The first-order valence-electron chi connectivity index (χ1n) is 6.70. The molecule has 0 bridgehead atoms. The maximum Gasteiger partial charge on any atom is 0.157 e. The van der Waals surface area contributed by atoms with Gasteiger partial charge >= 0.3 is 0 Å². The van der Waals surface area contributed by atoms with Crippen molar-refractivity contribution < 1.29 is 14.9 Å². The number of nitrogen functional groups attached to an aromatic ring is 1. The first kappa shape index (κ1) is 15.3. The molecule has 3 aromatic rings. The standard InChI is InChI=1S/C12H11NO.C6H6O2/c13-10-6-8-12(9-7-10)14-11-4-2-1-3-5-11;7-5-3-1-2-4-6(5)8/h1-9H,13H2;1-4,7-8H. The Balaban J connectivity index is 0.000000188. The molecule has 0 aliphatic rings. The number of ether oxygens (including phenoxy) is 1. The van der Waals surface area contributed by atoms with Gasteiger partial charge in [0, 0.05) is 5.69 Å². The quantitative estimate of drug-likeness (QED) is 0.490. The van der Waals surface area contributed by atoms with Crippen molar-refractivity contribution in [3.63, 3.8) is 0 Å². The van der Waals surface area contributed by atoms with Crippen LogP contribution in [0, 0.1) is 0 Å². The minimum atomic E-state index is -0.0764. The van der Waals surface area contributed by atoms with Gasteiger partial charge in [0.1, 0.15) is 11.5 Å². The molecule has 0 atom stereocenters. The molecule has 4 nitrogen and oxygen atoms in total. The second-order valence-corrected chi connectivity index (χ2v) is 4.47. The van der Waals surface area contributed by atoms with E-state index in [2.05, 4.69) is 0 Å².